The number of piperidine rings is 1. The van der Waals surface area contributed by atoms with Gasteiger partial charge in [-0.15, -0.1) is 0 Å². The molecule has 1 aliphatic rings. The van der Waals surface area contributed by atoms with E-state index in [1.165, 1.54) is 6.07 Å². The van der Waals surface area contributed by atoms with Crippen molar-refractivity contribution in [2.45, 2.75) is 26.3 Å². The number of nitrogens with one attached hydrogen (secondary N) is 1. The zero-order valence-corrected chi connectivity index (χ0v) is 16.0. The SMILES string of the molecule is Cc1cc(CNC(=O)C2CCN(C(=O)COc3ccccc3)CC2)ccc1F. The van der Waals surface area contributed by atoms with E-state index in [1.807, 2.05) is 30.3 Å². The zero-order valence-electron chi connectivity index (χ0n) is 16.0. The summed E-state index contributed by atoms with van der Waals surface area (Å²) in [5.74, 6) is 0.226. The van der Waals surface area contributed by atoms with E-state index in [9.17, 15) is 14.0 Å². The number of benzene rings is 2. The minimum absolute atomic E-state index is 0.00476. The molecule has 0 radical (unpaired) electrons. The van der Waals surface area contributed by atoms with Crippen molar-refractivity contribution in [1.82, 2.24) is 10.2 Å². The summed E-state index contributed by atoms with van der Waals surface area (Å²) in [5, 5.41) is 2.92. The van der Waals surface area contributed by atoms with Crippen LogP contribution in [0.2, 0.25) is 0 Å². The second-order valence-corrected chi connectivity index (χ2v) is 7.06. The van der Waals surface area contributed by atoms with Gasteiger partial charge in [0, 0.05) is 25.6 Å². The fraction of sp³-hybridized carbons (Fsp3) is 0.364. The van der Waals surface area contributed by atoms with Crippen LogP contribution in [0.25, 0.3) is 0 Å². The lowest BCUT2D eigenvalue weighted by molar-refractivity contribution is -0.137. The lowest BCUT2D eigenvalue weighted by Crippen LogP contribution is -2.44. The van der Waals surface area contributed by atoms with Gasteiger partial charge in [-0.1, -0.05) is 30.3 Å². The highest BCUT2D eigenvalue weighted by Gasteiger charge is 2.27. The molecule has 1 fully saturated rings. The number of amides is 2. The number of rotatable bonds is 6. The van der Waals surface area contributed by atoms with Gasteiger partial charge in [0.15, 0.2) is 6.61 Å². The molecule has 2 amide bonds. The Hall–Kier alpha value is -2.89. The molecule has 0 unspecified atom stereocenters. The van der Waals surface area contributed by atoms with Crippen molar-refractivity contribution in [2.24, 2.45) is 5.92 Å². The number of aryl methyl sites for hydroxylation is 1. The third kappa shape index (κ3) is 5.31. The Kier molecular flexibility index (Phi) is 6.63. The Balaban J connectivity index is 1.40. The van der Waals surface area contributed by atoms with Gasteiger partial charge in [-0.3, -0.25) is 9.59 Å². The third-order valence-electron chi connectivity index (χ3n) is 5.01. The van der Waals surface area contributed by atoms with Crippen LogP contribution in [0, 0.1) is 18.7 Å². The number of ether oxygens (including phenoxy) is 1. The van der Waals surface area contributed by atoms with Crippen LogP contribution in [0.1, 0.15) is 24.0 Å². The topological polar surface area (TPSA) is 58.6 Å². The number of likely N-dealkylation sites (tertiary alicyclic amines) is 1. The molecular formula is C22H25FN2O3. The van der Waals surface area contributed by atoms with Gasteiger partial charge in [-0.05, 0) is 49.1 Å². The molecular weight excluding hydrogens is 359 g/mol. The maximum absolute atomic E-state index is 13.3. The quantitative estimate of drug-likeness (QED) is 0.833. The number of hydrogen-bond donors (Lipinski definition) is 1. The van der Waals surface area contributed by atoms with Gasteiger partial charge in [-0.2, -0.15) is 0 Å². The van der Waals surface area contributed by atoms with Crippen LogP contribution in [0.15, 0.2) is 48.5 Å². The van der Waals surface area contributed by atoms with Gasteiger partial charge in [0.1, 0.15) is 11.6 Å². The summed E-state index contributed by atoms with van der Waals surface area (Å²) in [6.07, 6.45) is 1.26. The minimum Gasteiger partial charge on any atom is -0.484 e. The number of halogens is 1. The Morgan fingerprint density at radius 2 is 1.86 bits per heavy atom. The van der Waals surface area contributed by atoms with Crippen molar-refractivity contribution in [2.75, 3.05) is 19.7 Å². The molecule has 2 aromatic carbocycles. The predicted molar refractivity (Wildman–Crippen MR) is 104 cm³/mol. The van der Waals surface area contributed by atoms with Gasteiger partial charge in [0.05, 0.1) is 0 Å². The Morgan fingerprint density at radius 1 is 1.14 bits per heavy atom. The van der Waals surface area contributed by atoms with Crippen LogP contribution in [0.4, 0.5) is 4.39 Å². The second-order valence-electron chi connectivity index (χ2n) is 7.06. The maximum Gasteiger partial charge on any atom is 0.260 e. The van der Waals surface area contributed by atoms with Gasteiger partial charge >= 0.3 is 0 Å². The molecule has 0 aromatic heterocycles. The summed E-state index contributed by atoms with van der Waals surface area (Å²) in [4.78, 5) is 26.4. The lowest BCUT2D eigenvalue weighted by Gasteiger charge is -2.31. The average molecular weight is 384 g/mol. The molecule has 0 saturated carbocycles. The highest BCUT2D eigenvalue weighted by Crippen LogP contribution is 2.18. The zero-order chi connectivity index (χ0) is 19.9. The van der Waals surface area contributed by atoms with Gasteiger partial charge in [-0.25, -0.2) is 4.39 Å². The third-order valence-corrected chi connectivity index (χ3v) is 5.01. The summed E-state index contributed by atoms with van der Waals surface area (Å²) < 4.78 is 18.8. The number of carbonyl (C=O) groups excluding carboxylic acids is 2. The van der Waals surface area contributed by atoms with E-state index in [0.717, 1.165) is 5.56 Å². The first-order valence-electron chi connectivity index (χ1n) is 9.51. The first kappa shape index (κ1) is 19.9. The summed E-state index contributed by atoms with van der Waals surface area (Å²) in [5.41, 5.74) is 1.44. The molecule has 148 valence electrons. The van der Waals surface area contributed by atoms with Crippen LogP contribution in [0.5, 0.6) is 5.75 Å². The van der Waals surface area contributed by atoms with E-state index in [-0.39, 0.29) is 30.2 Å². The van der Waals surface area contributed by atoms with Crippen LogP contribution in [-0.2, 0) is 16.1 Å². The fourth-order valence-corrected chi connectivity index (χ4v) is 3.29. The highest BCUT2D eigenvalue weighted by molar-refractivity contribution is 5.80. The first-order chi connectivity index (χ1) is 13.5. The van der Waals surface area contributed by atoms with Crippen LogP contribution < -0.4 is 10.1 Å². The monoisotopic (exact) mass is 384 g/mol. The minimum atomic E-state index is -0.247. The van der Waals surface area contributed by atoms with E-state index in [4.69, 9.17) is 4.74 Å². The molecule has 0 bridgehead atoms. The van der Waals surface area contributed by atoms with Gasteiger partial charge in [0.25, 0.3) is 5.91 Å². The van der Waals surface area contributed by atoms with E-state index >= 15 is 0 Å². The Labute approximate surface area is 164 Å². The molecule has 6 heteroatoms. The predicted octanol–water partition coefficient (Wildman–Crippen LogP) is 3.07. The average Bonchev–Trinajstić information content (AvgIpc) is 2.73. The normalized spacial score (nSPS) is 14.6. The summed E-state index contributed by atoms with van der Waals surface area (Å²) in [7, 11) is 0. The molecule has 1 aliphatic heterocycles. The van der Waals surface area contributed by atoms with Crippen molar-refractivity contribution in [3.05, 3.63) is 65.5 Å². The van der Waals surface area contributed by atoms with Crippen molar-refractivity contribution in [1.29, 1.82) is 0 Å². The van der Waals surface area contributed by atoms with E-state index in [0.29, 0.717) is 43.8 Å². The maximum atomic E-state index is 13.3. The van der Waals surface area contributed by atoms with Gasteiger partial charge in [0.2, 0.25) is 5.91 Å². The van der Waals surface area contributed by atoms with E-state index in [1.54, 1.807) is 24.0 Å². The summed E-state index contributed by atoms with van der Waals surface area (Å²) in [6.45, 7) is 3.18. The molecule has 2 aromatic rings. The Morgan fingerprint density at radius 3 is 2.54 bits per heavy atom. The van der Waals surface area contributed by atoms with E-state index < -0.39 is 0 Å². The fourth-order valence-electron chi connectivity index (χ4n) is 3.29. The molecule has 0 aliphatic carbocycles. The van der Waals surface area contributed by atoms with Crippen molar-refractivity contribution in [3.8, 4) is 5.75 Å². The molecule has 0 spiro atoms. The summed E-state index contributed by atoms with van der Waals surface area (Å²) >= 11 is 0. The largest absolute Gasteiger partial charge is 0.484 e. The van der Waals surface area contributed by atoms with E-state index in [2.05, 4.69) is 5.32 Å². The smallest absolute Gasteiger partial charge is 0.260 e. The molecule has 1 N–H and O–H groups in total. The van der Waals surface area contributed by atoms with Crippen LogP contribution in [-0.4, -0.2) is 36.4 Å². The summed E-state index contributed by atoms with van der Waals surface area (Å²) in [6, 6.07) is 14.1. The molecule has 5 nitrogen and oxygen atoms in total. The van der Waals surface area contributed by atoms with Crippen molar-refractivity contribution in [3.63, 3.8) is 0 Å². The second kappa shape index (κ2) is 9.35. The van der Waals surface area contributed by atoms with Crippen LogP contribution >= 0.6 is 0 Å². The van der Waals surface area contributed by atoms with Gasteiger partial charge < -0.3 is 15.0 Å². The lowest BCUT2D eigenvalue weighted by atomic mass is 9.95. The molecule has 0 atom stereocenters. The molecule has 3 rings (SSSR count). The first-order valence-corrected chi connectivity index (χ1v) is 9.51. The molecule has 28 heavy (non-hydrogen) atoms. The highest BCUT2D eigenvalue weighted by atomic mass is 19.1. The number of para-hydroxylation sites is 1. The standard InChI is InChI=1S/C22H25FN2O3/c1-16-13-17(7-8-20(16)23)14-24-22(27)18-9-11-25(12-10-18)21(26)15-28-19-5-3-2-4-6-19/h2-8,13,18H,9-12,14-15H2,1H3,(H,24,27). The number of carbonyl (C=O) groups is 2. The van der Waals surface area contributed by atoms with Crippen LogP contribution in [0.3, 0.4) is 0 Å². The van der Waals surface area contributed by atoms with Crippen molar-refractivity contribution >= 4 is 11.8 Å². The number of hydrogen-bond acceptors (Lipinski definition) is 3. The molecule has 1 saturated heterocycles. The van der Waals surface area contributed by atoms with Crippen molar-refractivity contribution < 1.29 is 18.7 Å². The molecule has 1 heterocycles. The Bertz CT molecular complexity index is 818. The number of nitrogens with zero attached hydrogens (tertiary/aromatic N) is 1.